The molecular weight excluding hydrogens is 202 g/mol. The van der Waals surface area contributed by atoms with Gasteiger partial charge in [0, 0.05) is 11.2 Å². The Hall–Kier alpha value is -1.77. The number of carboxylic acids is 1. The van der Waals surface area contributed by atoms with Crippen molar-refractivity contribution >= 4 is 16.9 Å². The van der Waals surface area contributed by atoms with Gasteiger partial charge in [0.25, 0.3) is 0 Å². The summed E-state index contributed by atoms with van der Waals surface area (Å²) in [7, 11) is 0. The SMILES string of the molecule is CC(CCc1cc2ccccc2[nH]1)C(=O)O. The smallest absolute Gasteiger partial charge is 0.306 e. The second kappa shape index (κ2) is 4.39. The van der Waals surface area contributed by atoms with Gasteiger partial charge in [0.05, 0.1) is 5.92 Å². The number of para-hydroxylation sites is 1. The lowest BCUT2D eigenvalue weighted by Gasteiger charge is -2.03. The molecule has 0 amide bonds. The van der Waals surface area contributed by atoms with E-state index in [-0.39, 0.29) is 5.92 Å². The van der Waals surface area contributed by atoms with Crippen molar-refractivity contribution in [1.29, 1.82) is 0 Å². The van der Waals surface area contributed by atoms with Crippen LogP contribution in [0.15, 0.2) is 30.3 Å². The van der Waals surface area contributed by atoms with E-state index in [4.69, 9.17) is 5.11 Å². The third-order valence-electron chi connectivity index (χ3n) is 2.85. The molecule has 2 rings (SSSR count). The summed E-state index contributed by atoms with van der Waals surface area (Å²) in [5, 5.41) is 9.97. The second-order valence-electron chi connectivity index (χ2n) is 4.16. The van der Waals surface area contributed by atoms with Gasteiger partial charge >= 0.3 is 5.97 Å². The largest absolute Gasteiger partial charge is 0.481 e. The highest BCUT2D eigenvalue weighted by molar-refractivity contribution is 5.80. The summed E-state index contributed by atoms with van der Waals surface area (Å²) in [4.78, 5) is 14.0. The van der Waals surface area contributed by atoms with Gasteiger partial charge in [0.15, 0.2) is 0 Å². The molecule has 1 atom stereocenters. The Morgan fingerprint density at radius 1 is 1.44 bits per heavy atom. The van der Waals surface area contributed by atoms with E-state index >= 15 is 0 Å². The lowest BCUT2D eigenvalue weighted by Crippen LogP contribution is -2.10. The molecule has 1 unspecified atom stereocenters. The third kappa shape index (κ3) is 2.24. The molecule has 0 aliphatic carbocycles. The lowest BCUT2D eigenvalue weighted by molar-refractivity contribution is -0.141. The number of hydrogen-bond acceptors (Lipinski definition) is 1. The highest BCUT2D eigenvalue weighted by atomic mass is 16.4. The number of hydrogen-bond donors (Lipinski definition) is 2. The van der Waals surface area contributed by atoms with Crippen molar-refractivity contribution in [2.45, 2.75) is 19.8 Å². The van der Waals surface area contributed by atoms with Gasteiger partial charge in [-0.15, -0.1) is 0 Å². The molecule has 0 spiro atoms. The average molecular weight is 217 g/mol. The van der Waals surface area contributed by atoms with Crippen molar-refractivity contribution in [3.8, 4) is 0 Å². The molecule has 0 aliphatic heterocycles. The summed E-state index contributed by atoms with van der Waals surface area (Å²) >= 11 is 0. The average Bonchev–Trinajstić information content (AvgIpc) is 2.68. The van der Waals surface area contributed by atoms with Crippen LogP contribution < -0.4 is 0 Å². The number of aromatic nitrogens is 1. The topological polar surface area (TPSA) is 53.1 Å². The van der Waals surface area contributed by atoms with Crippen LogP contribution in [0.5, 0.6) is 0 Å². The monoisotopic (exact) mass is 217 g/mol. The Bertz CT molecular complexity index is 468. The molecule has 3 nitrogen and oxygen atoms in total. The number of carbonyl (C=O) groups is 1. The van der Waals surface area contributed by atoms with E-state index in [0.29, 0.717) is 6.42 Å². The molecule has 0 bridgehead atoms. The summed E-state index contributed by atoms with van der Waals surface area (Å²) < 4.78 is 0. The number of aliphatic carboxylic acids is 1. The molecule has 0 saturated carbocycles. The van der Waals surface area contributed by atoms with Crippen LogP contribution in [0.25, 0.3) is 10.9 Å². The van der Waals surface area contributed by atoms with Crippen LogP contribution in [0.1, 0.15) is 19.0 Å². The quantitative estimate of drug-likeness (QED) is 0.827. The summed E-state index contributed by atoms with van der Waals surface area (Å²) in [5.41, 5.74) is 2.22. The van der Waals surface area contributed by atoms with Crippen LogP contribution in [0.3, 0.4) is 0 Å². The van der Waals surface area contributed by atoms with E-state index in [1.165, 1.54) is 5.39 Å². The zero-order chi connectivity index (χ0) is 11.5. The first-order valence-electron chi connectivity index (χ1n) is 5.46. The Morgan fingerprint density at radius 2 is 2.19 bits per heavy atom. The molecule has 2 N–H and O–H groups in total. The summed E-state index contributed by atoms with van der Waals surface area (Å²) in [6.07, 6.45) is 1.45. The van der Waals surface area contributed by atoms with Crippen molar-refractivity contribution < 1.29 is 9.90 Å². The second-order valence-corrected chi connectivity index (χ2v) is 4.16. The van der Waals surface area contributed by atoms with Gasteiger partial charge in [-0.1, -0.05) is 25.1 Å². The van der Waals surface area contributed by atoms with Crippen LogP contribution in [0.2, 0.25) is 0 Å². The maximum absolute atomic E-state index is 10.7. The predicted octanol–water partition coefficient (Wildman–Crippen LogP) is 2.82. The summed E-state index contributed by atoms with van der Waals surface area (Å²) in [6, 6.07) is 10.2. The molecule has 3 heteroatoms. The Kier molecular flexibility index (Phi) is 2.95. The van der Waals surface area contributed by atoms with Gasteiger partial charge in [-0.25, -0.2) is 0 Å². The Labute approximate surface area is 94.1 Å². The number of nitrogens with one attached hydrogen (secondary N) is 1. The number of aromatic amines is 1. The zero-order valence-electron chi connectivity index (χ0n) is 9.23. The fourth-order valence-corrected chi connectivity index (χ4v) is 1.76. The zero-order valence-corrected chi connectivity index (χ0v) is 9.23. The summed E-state index contributed by atoms with van der Waals surface area (Å²) in [5.74, 6) is -1.01. The molecule has 0 fully saturated rings. The van der Waals surface area contributed by atoms with Gasteiger partial charge in [-0.3, -0.25) is 4.79 Å². The maximum atomic E-state index is 10.7. The normalized spacial score (nSPS) is 12.8. The molecule has 0 aliphatic rings. The molecule has 2 aromatic rings. The van der Waals surface area contributed by atoms with Gasteiger partial charge in [-0.05, 0) is 30.4 Å². The van der Waals surface area contributed by atoms with Crippen molar-refractivity contribution in [3.05, 3.63) is 36.0 Å². The van der Waals surface area contributed by atoms with Crippen LogP contribution in [-0.4, -0.2) is 16.1 Å². The molecular formula is C13H15NO2. The van der Waals surface area contributed by atoms with Gasteiger partial charge in [0.1, 0.15) is 0 Å². The van der Waals surface area contributed by atoms with Crippen molar-refractivity contribution in [1.82, 2.24) is 4.98 Å². The van der Waals surface area contributed by atoms with E-state index in [2.05, 4.69) is 17.1 Å². The molecule has 0 radical (unpaired) electrons. The van der Waals surface area contributed by atoms with E-state index in [1.54, 1.807) is 6.92 Å². The Balaban J connectivity index is 2.07. The minimum atomic E-state index is -0.726. The van der Waals surface area contributed by atoms with Crippen molar-refractivity contribution in [2.24, 2.45) is 5.92 Å². The molecule has 1 heterocycles. The number of carboxylic acid groups (broad SMARTS) is 1. The van der Waals surface area contributed by atoms with Crippen LogP contribution >= 0.6 is 0 Å². The van der Waals surface area contributed by atoms with E-state index in [0.717, 1.165) is 17.6 Å². The standard InChI is InChI=1S/C13H15NO2/c1-9(13(15)16)6-7-11-8-10-4-2-3-5-12(10)14-11/h2-5,8-9,14H,6-7H2,1H3,(H,15,16). The Morgan fingerprint density at radius 3 is 2.88 bits per heavy atom. The third-order valence-corrected chi connectivity index (χ3v) is 2.85. The van der Waals surface area contributed by atoms with Crippen LogP contribution in [0.4, 0.5) is 0 Å². The fraction of sp³-hybridized carbons (Fsp3) is 0.308. The van der Waals surface area contributed by atoms with E-state index < -0.39 is 5.97 Å². The summed E-state index contributed by atoms with van der Waals surface area (Å²) in [6.45, 7) is 1.74. The first-order valence-corrected chi connectivity index (χ1v) is 5.46. The maximum Gasteiger partial charge on any atom is 0.306 e. The molecule has 0 saturated heterocycles. The lowest BCUT2D eigenvalue weighted by atomic mass is 10.0. The van der Waals surface area contributed by atoms with Gasteiger partial charge in [-0.2, -0.15) is 0 Å². The predicted molar refractivity (Wildman–Crippen MR) is 63.4 cm³/mol. The first-order chi connectivity index (χ1) is 7.66. The number of fused-ring (bicyclic) bond motifs is 1. The molecule has 1 aromatic heterocycles. The highest BCUT2D eigenvalue weighted by Gasteiger charge is 2.11. The van der Waals surface area contributed by atoms with Crippen molar-refractivity contribution in [3.63, 3.8) is 0 Å². The number of rotatable bonds is 4. The molecule has 16 heavy (non-hydrogen) atoms. The molecule has 1 aromatic carbocycles. The van der Waals surface area contributed by atoms with Crippen LogP contribution in [-0.2, 0) is 11.2 Å². The molecule has 84 valence electrons. The fourth-order valence-electron chi connectivity index (χ4n) is 1.76. The van der Waals surface area contributed by atoms with E-state index in [1.807, 2.05) is 18.2 Å². The minimum absolute atomic E-state index is 0.286. The van der Waals surface area contributed by atoms with Crippen molar-refractivity contribution in [2.75, 3.05) is 0 Å². The number of H-pyrrole nitrogens is 1. The highest BCUT2D eigenvalue weighted by Crippen LogP contribution is 2.17. The van der Waals surface area contributed by atoms with Crippen LogP contribution in [0, 0.1) is 5.92 Å². The number of benzene rings is 1. The number of aryl methyl sites for hydroxylation is 1. The van der Waals surface area contributed by atoms with Gasteiger partial charge < -0.3 is 10.1 Å². The van der Waals surface area contributed by atoms with E-state index in [9.17, 15) is 4.79 Å². The first kappa shape index (κ1) is 10.7. The van der Waals surface area contributed by atoms with Gasteiger partial charge in [0.2, 0.25) is 0 Å². The minimum Gasteiger partial charge on any atom is -0.481 e.